The molecule has 7 heteroatoms. The van der Waals surface area contributed by atoms with E-state index in [4.69, 9.17) is 5.73 Å². The van der Waals surface area contributed by atoms with Crippen molar-refractivity contribution >= 4 is 22.7 Å². The van der Waals surface area contributed by atoms with Crippen molar-refractivity contribution in [3.8, 4) is 10.7 Å². The maximum atomic E-state index is 10.9. The van der Waals surface area contributed by atoms with Gasteiger partial charge in [-0.05, 0) is 23.1 Å². The van der Waals surface area contributed by atoms with E-state index in [9.17, 15) is 10.1 Å². The zero-order valence-corrected chi connectivity index (χ0v) is 11.8. The van der Waals surface area contributed by atoms with E-state index in [0.717, 1.165) is 16.3 Å². The molecule has 6 nitrogen and oxygen atoms in total. The summed E-state index contributed by atoms with van der Waals surface area (Å²) in [5.41, 5.74) is 6.53. The van der Waals surface area contributed by atoms with Crippen LogP contribution >= 0.6 is 11.3 Å². The van der Waals surface area contributed by atoms with Crippen LogP contribution in [0.3, 0.4) is 0 Å². The number of imidazole rings is 1. The second-order valence-electron chi connectivity index (χ2n) is 4.51. The van der Waals surface area contributed by atoms with Crippen LogP contribution in [0.5, 0.6) is 0 Å². The Kier molecular flexibility index (Phi) is 3.41. The second kappa shape index (κ2) is 5.37. The summed E-state index contributed by atoms with van der Waals surface area (Å²) >= 11 is 1.60. The van der Waals surface area contributed by atoms with Gasteiger partial charge in [0.1, 0.15) is 11.5 Å². The summed E-state index contributed by atoms with van der Waals surface area (Å²) < 4.78 is 1.96. The summed E-state index contributed by atoms with van der Waals surface area (Å²) in [6.07, 6.45) is 3.58. The minimum absolute atomic E-state index is 0.0645. The lowest BCUT2D eigenvalue weighted by molar-refractivity contribution is -0.384. The Morgan fingerprint density at radius 1 is 1.38 bits per heavy atom. The van der Waals surface area contributed by atoms with Crippen molar-refractivity contribution in [1.29, 1.82) is 0 Å². The van der Waals surface area contributed by atoms with Crippen LogP contribution in [0.4, 0.5) is 11.4 Å². The summed E-state index contributed by atoms with van der Waals surface area (Å²) in [6, 6.07) is 8.82. The summed E-state index contributed by atoms with van der Waals surface area (Å²) in [5, 5.41) is 12.9. The van der Waals surface area contributed by atoms with Gasteiger partial charge >= 0.3 is 0 Å². The van der Waals surface area contributed by atoms with Crippen molar-refractivity contribution in [1.82, 2.24) is 9.55 Å². The standard InChI is InChI=1S/C14H12N4O2S/c15-11-4-3-10(8-12(11)18(19)20)9-17-6-5-16-14(17)13-2-1-7-21-13/h1-8H,9,15H2. The number of nitrogen functional groups attached to an aromatic ring is 1. The van der Waals surface area contributed by atoms with Crippen LogP contribution in [0.15, 0.2) is 48.1 Å². The number of nitrogens with zero attached hydrogens (tertiary/aromatic N) is 3. The first-order valence-electron chi connectivity index (χ1n) is 6.23. The molecule has 2 N–H and O–H groups in total. The molecular formula is C14H12N4O2S. The Morgan fingerprint density at radius 3 is 2.95 bits per heavy atom. The first kappa shape index (κ1) is 13.3. The van der Waals surface area contributed by atoms with Crippen molar-refractivity contribution in [2.24, 2.45) is 0 Å². The van der Waals surface area contributed by atoms with Gasteiger partial charge in [0.05, 0.1) is 9.80 Å². The molecule has 0 radical (unpaired) electrons. The van der Waals surface area contributed by atoms with Crippen LogP contribution in [0, 0.1) is 10.1 Å². The second-order valence-corrected chi connectivity index (χ2v) is 5.45. The molecule has 106 valence electrons. The molecule has 0 aliphatic heterocycles. The molecule has 0 spiro atoms. The van der Waals surface area contributed by atoms with Crippen molar-refractivity contribution in [3.63, 3.8) is 0 Å². The Labute approximate surface area is 124 Å². The zero-order chi connectivity index (χ0) is 14.8. The number of rotatable bonds is 4. The number of nitro groups is 1. The SMILES string of the molecule is Nc1ccc(Cn2ccnc2-c2cccs2)cc1[N+](=O)[O-]. The van der Waals surface area contributed by atoms with Crippen molar-refractivity contribution in [3.05, 3.63) is 63.8 Å². The molecule has 0 aliphatic carbocycles. The van der Waals surface area contributed by atoms with Crippen LogP contribution in [-0.2, 0) is 6.54 Å². The van der Waals surface area contributed by atoms with E-state index < -0.39 is 4.92 Å². The fraction of sp³-hybridized carbons (Fsp3) is 0.0714. The van der Waals surface area contributed by atoms with Crippen LogP contribution in [-0.4, -0.2) is 14.5 Å². The number of aromatic nitrogens is 2. The summed E-state index contributed by atoms with van der Waals surface area (Å²) in [6.45, 7) is 0.508. The summed E-state index contributed by atoms with van der Waals surface area (Å²) in [4.78, 5) is 15.9. The van der Waals surface area contributed by atoms with Crippen LogP contribution in [0.1, 0.15) is 5.56 Å². The molecule has 21 heavy (non-hydrogen) atoms. The van der Waals surface area contributed by atoms with Gasteiger partial charge in [0.15, 0.2) is 0 Å². The highest BCUT2D eigenvalue weighted by molar-refractivity contribution is 7.13. The Morgan fingerprint density at radius 2 is 2.24 bits per heavy atom. The molecule has 0 saturated carbocycles. The van der Waals surface area contributed by atoms with Crippen LogP contribution in [0.25, 0.3) is 10.7 Å². The number of hydrogen-bond donors (Lipinski definition) is 1. The molecule has 0 aliphatic rings. The lowest BCUT2D eigenvalue weighted by Gasteiger charge is -2.07. The van der Waals surface area contributed by atoms with Crippen molar-refractivity contribution < 1.29 is 4.92 Å². The number of anilines is 1. The van der Waals surface area contributed by atoms with Gasteiger partial charge in [0.2, 0.25) is 0 Å². The van der Waals surface area contributed by atoms with Gasteiger partial charge in [-0.1, -0.05) is 12.1 Å². The first-order valence-corrected chi connectivity index (χ1v) is 7.11. The van der Waals surface area contributed by atoms with Crippen LogP contribution < -0.4 is 5.73 Å². The van der Waals surface area contributed by atoms with Gasteiger partial charge in [-0.2, -0.15) is 0 Å². The van der Waals surface area contributed by atoms with Gasteiger partial charge in [0, 0.05) is 25.0 Å². The van der Waals surface area contributed by atoms with Gasteiger partial charge in [0.25, 0.3) is 5.69 Å². The molecule has 0 saturated heterocycles. The minimum atomic E-state index is -0.465. The third kappa shape index (κ3) is 2.63. The molecule has 2 heterocycles. The molecule has 0 atom stereocenters. The van der Waals surface area contributed by atoms with E-state index in [1.807, 2.05) is 28.3 Å². The molecule has 1 aromatic carbocycles. The lowest BCUT2D eigenvalue weighted by Crippen LogP contribution is -2.02. The molecular weight excluding hydrogens is 288 g/mol. The first-order chi connectivity index (χ1) is 10.1. The zero-order valence-electron chi connectivity index (χ0n) is 11.0. The average Bonchev–Trinajstić information content (AvgIpc) is 3.11. The third-order valence-electron chi connectivity index (χ3n) is 3.10. The highest BCUT2D eigenvalue weighted by atomic mass is 32.1. The predicted molar refractivity (Wildman–Crippen MR) is 82.2 cm³/mol. The normalized spacial score (nSPS) is 10.7. The minimum Gasteiger partial charge on any atom is -0.393 e. The highest BCUT2D eigenvalue weighted by Gasteiger charge is 2.13. The fourth-order valence-corrected chi connectivity index (χ4v) is 2.85. The van der Waals surface area contributed by atoms with Gasteiger partial charge in [-0.3, -0.25) is 10.1 Å². The largest absolute Gasteiger partial charge is 0.393 e. The molecule has 0 amide bonds. The number of nitro benzene ring substituents is 1. The molecule has 3 aromatic rings. The Balaban J connectivity index is 1.93. The third-order valence-corrected chi connectivity index (χ3v) is 3.97. The molecule has 0 fully saturated rings. The van der Waals surface area contributed by atoms with Gasteiger partial charge in [-0.15, -0.1) is 11.3 Å². The van der Waals surface area contributed by atoms with E-state index in [0.29, 0.717) is 6.54 Å². The number of nitrogens with two attached hydrogens (primary N) is 1. The van der Waals surface area contributed by atoms with E-state index in [1.165, 1.54) is 6.07 Å². The molecule has 3 rings (SSSR count). The molecule has 2 aromatic heterocycles. The number of hydrogen-bond acceptors (Lipinski definition) is 5. The fourth-order valence-electron chi connectivity index (χ4n) is 2.11. The van der Waals surface area contributed by atoms with Crippen molar-refractivity contribution in [2.45, 2.75) is 6.54 Å². The van der Waals surface area contributed by atoms with Gasteiger partial charge < -0.3 is 10.3 Å². The number of thiophene rings is 1. The molecule has 0 bridgehead atoms. The predicted octanol–water partition coefficient (Wildman–Crippen LogP) is 3.15. The number of benzene rings is 1. The van der Waals surface area contributed by atoms with E-state index in [2.05, 4.69) is 4.98 Å². The monoisotopic (exact) mass is 300 g/mol. The Hall–Kier alpha value is -2.67. The van der Waals surface area contributed by atoms with Gasteiger partial charge in [-0.25, -0.2) is 4.98 Å². The smallest absolute Gasteiger partial charge is 0.292 e. The average molecular weight is 300 g/mol. The summed E-state index contributed by atoms with van der Waals surface area (Å²) in [7, 11) is 0. The lowest BCUT2D eigenvalue weighted by atomic mass is 10.1. The highest BCUT2D eigenvalue weighted by Crippen LogP contribution is 2.26. The van der Waals surface area contributed by atoms with E-state index >= 15 is 0 Å². The Bertz CT molecular complexity index is 780. The van der Waals surface area contributed by atoms with Crippen LogP contribution in [0.2, 0.25) is 0 Å². The maximum absolute atomic E-state index is 10.9. The summed E-state index contributed by atoms with van der Waals surface area (Å²) in [5.74, 6) is 0.851. The maximum Gasteiger partial charge on any atom is 0.292 e. The van der Waals surface area contributed by atoms with E-state index in [1.54, 1.807) is 29.7 Å². The topological polar surface area (TPSA) is 87.0 Å². The molecule has 0 unspecified atom stereocenters. The van der Waals surface area contributed by atoms with E-state index in [-0.39, 0.29) is 11.4 Å². The quantitative estimate of drug-likeness (QED) is 0.455. The van der Waals surface area contributed by atoms with Crippen molar-refractivity contribution in [2.75, 3.05) is 5.73 Å².